The smallest absolute Gasteiger partial charge is 0.127 e. The molecule has 0 atom stereocenters. The minimum Gasteiger partial charge on any atom is -0.507 e. The molecule has 6 nitrogen and oxygen atoms in total. The molecule has 41 heavy (non-hydrogen) atoms. The molecule has 3 aromatic heterocycles. The minimum atomic E-state index is 0.107. The lowest BCUT2D eigenvalue weighted by Crippen LogP contribution is -1.95. The minimum absolute atomic E-state index is 0.107. The highest BCUT2D eigenvalue weighted by Gasteiger charge is 2.16. The Bertz CT molecular complexity index is 2080. The second kappa shape index (κ2) is 9.92. The van der Waals surface area contributed by atoms with Gasteiger partial charge in [0.2, 0.25) is 0 Å². The number of rotatable bonds is 4. The van der Waals surface area contributed by atoms with Crippen molar-refractivity contribution in [1.29, 1.82) is 0 Å². The monoisotopic (exact) mass is 531 g/mol. The van der Waals surface area contributed by atoms with Gasteiger partial charge >= 0.3 is 0 Å². The van der Waals surface area contributed by atoms with Gasteiger partial charge in [-0.1, -0.05) is 54.6 Å². The maximum Gasteiger partial charge on any atom is 0.127 e. The second-order valence-corrected chi connectivity index (χ2v) is 10.2. The van der Waals surface area contributed by atoms with Crippen molar-refractivity contribution in [2.24, 2.45) is 0 Å². The molecule has 0 radical (unpaired) electrons. The van der Waals surface area contributed by atoms with Gasteiger partial charge in [-0.25, -0.2) is 4.98 Å². The first kappa shape index (κ1) is 24.5. The average molecular weight is 532 g/mol. The van der Waals surface area contributed by atoms with Gasteiger partial charge in [-0.05, 0) is 72.5 Å². The van der Waals surface area contributed by atoms with Gasteiger partial charge in [-0.2, -0.15) is 0 Å². The van der Waals surface area contributed by atoms with Crippen LogP contribution in [0.5, 0.6) is 5.75 Å². The first-order chi connectivity index (χ1) is 20.0. The Hall–Kier alpha value is -5.49. The maximum absolute atomic E-state index is 11.1. The normalized spacial score (nSPS) is 11.3. The summed E-state index contributed by atoms with van der Waals surface area (Å²) in [5.74, 6) is 0.107. The molecule has 0 aliphatic heterocycles. The zero-order valence-corrected chi connectivity index (χ0v) is 22.6. The molecule has 196 valence electrons. The van der Waals surface area contributed by atoms with Gasteiger partial charge < -0.3 is 5.11 Å². The molecule has 0 saturated heterocycles. The molecule has 0 saturated carbocycles. The van der Waals surface area contributed by atoms with E-state index in [1.54, 1.807) is 18.5 Å². The molecule has 1 N–H and O–H groups in total. The van der Waals surface area contributed by atoms with Crippen LogP contribution in [0.2, 0.25) is 0 Å². The number of phenolic OH excluding ortho intramolecular Hbond substituents is 1. The number of hydrogen-bond acceptors (Lipinski definition) is 6. The largest absolute Gasteiger partial charge is 0.507 e. The number of benzene rings is 4. The van der Waals surface area contributed by atoms with Crippen molar-refractivity contribution in [3.8, 4) is 50.6 Å². The van der Waals surface area contributed by atoms with Crippen LogP contribution in [0.4, 0.5) is 0 Å². The molecule has 0 aliphatic carbocycles. The standard InChI is InChI=1S/C35H25N5O/c1-21-7-5-8-22(2)35(21)26-17-29(38-31(18-26)27-19-32-33(20-34(27)41)37-14-13-36-32)23-10-6-11-24(15-23)30-16-25-9-3-4-12-28(25)39-40-30/h3-20,41H,1-2H3. The van der Waals surface area contributed by atoms with E-state index in [0.717, 1.165) is 44.5 Å². The maximum atomic E-state index is 11.1. The zero-order chi connectivity index (χ0) is 27.9. The lowest BCUT2D eigenvalue weighted by atomic mass is 9.93. The Morgan fingerprint density at radius 3 is 2.02 bits per heavy atom. The third-order valence-corrected chi connectivity index (χ3v) is 7.41. The Kier molecular flexibility index (Phi) is 5.94. The lowest BCUT2D eigenvalue weighted by Gasteiger charge is -2.15. The summed E-state index contributed by atoms with van der Waals surface area (Å²) < 4.78 is 0. The Balaban J connectivity index is 1.43. The predicted molar refractivity (Wildman–Crippen MR) is 163 cm³/mol. The van der Waals surface area contributed by atoms with Crippen molar-refractivity contribution < 1.29 is 5.11 Å². The van der Waals surface area contributed by atoms with E-state index in [2.05, 4.69) is 70.4 Å². The van der Waals surface area contributed by atoms with Crippen molar-refractivity contribution in [2.75, 3.05) is 0 Å². The number of hydrogen-bond donors (Lipinski definition) is 1. The zero-order valence-electron chi connectivity index (χ0n) is 22.6. The van der Waals surface area contributed by atoms with Crippen molar-refractivity contribution in [3.63, 3.8) is 0 Å². The van der Waals surface area contributed by atoms with Gasteiger partial charge in [-0.15, -0.1) is 10.2 Å². The SMILES string of the molecule is Cc1cccc(C)c1-c1cc(-c2cccc(-c3cc4ccccc4nn3)c2)nc(-c2cc3nccnc3cc2O)c1. The van der Waals surface area contributed by atoms with E-state index in [4.69, 9.17) is 4.98 Å². The molecule has 7 rings (SSSR count). The third-order valence-electron chi connectivity index (χ3n) is 7.41. The van der Waals surface area contributed by atoms with Crippen molar-refractivity contribution >= 4 is 21.9 Å². The molecule has 0 spiro atoms. The lowest BCUT2D eigenvalue weighted by molar-refractivity contribution is 0.478. The van der Waals surface area contributed by atoms with Crippen molar-refractivity contribution in [2.45, 2.75) is 13.8 Å². The Labute approximate surface area is 237 Å². The number of fused-ring (bicyclic) bond motifs is 2. The van der Waals surface area contributed by atoms with E-state index in [9.17, 15) is 5.11 Å². The summed E-state index contributed by atoms with van der Waals surface area (Å²) in [5, 5.41) is 21.0. The Morgan fingerprint density at radius 1 is 0.537 bits per heavy atom. The van der Waals surface area contributed by atoms with E-state index in [1.165, 1.54) is 11.1 Å². The van der Waals surface area contributed by atoms with Gasteiger partial charge in [0.15, 0.2) is 0 Å². The van der Waals surface area contributed by atoms with Crippen LogP contribution in [0.15, 0.2) is 109 Å². The quantitative estimate of drug-likeness (QED) is 0.248. The molecular formula is C35H25N5O. The van der Waals surface area contributed by atoms with Crippen molar-refractivity contribution in [1.82, 2.24) is 25.1 Å². The molecule has 0 fully saturated rings. The number of nitrogens with zero attached hydrogens (tertiary/aromatic N) is 5. The summed E-state index contributed by atoms with van der Waals surface area (Å²) in [4.78, 5) is 13.9. The summed E-state index contributed by atoms with van der Waals surface area (Å²) in [6.45, 7) is 4.23. The topological polar surface area (TPSA) is 84.7 Å². The highest BCUT2D eigenvalue weighted by Crippen LogP contribution is 2.38. The average Bonchev–Trinajstić information content (AvgIpc) is 3.00. The van der Waals surface area contributed by atoms with Crippen LogP contribution in [0, 0.1) is 13.8 Å². The summed E-state index contributed by atoms with van der Waals surface area (Å²) in [6, 6.07) is 32.1. The van der Waals surface area contributed by atoms with E-state index < -0.39 is 0 Å². The molecule has 0 amide bonds. The van der Waals surface area contributed by atoms with E-state index in [0.29, 0.717) is 22.3 Å². The van der Waals surface area contributed by atoms with Crippen LogP contribution in [0.25, 0.3) is 66.8 Å². The summed E-state index contributed by atoms with van der Waals surface area (Å²) in [6.07, 6.45) is 3.27. The highest BCUT2D eigenvalue weighted by atomic mass is 16.3. The fourth-order valence-electron chi connectivity index (χ4n) is 5.40. The van der Waals surface area contributed by atoms with E-state index >= 15 is 0 Å². The second-order valence-electron chi connectivity index (χ2n) is 10.2. The van der Waals surface area contributed by atoms with Gasteiger partial charge in [0.25, 0.3) is 0 Å². The third kappa shape index (κ3) is 4.55. The molecular weight excluding hydrogens is 506 g/mol. The van der Waals surface area contributed by atoms with Crippen LogP contribution in [0.3, 0.4) is 0 Å². The first-order valence-electron chi connectivity index (χ1n) is 13.4. The van der Waals surface area contributed by atoms with Crippen LogP contribution in [-0.4, -0.2) is 30.3 Å². The highest BCUT2D eigenvalue weighted by molar-refractivity contribution is 5.88. The number of phenols is 1. The van der Waals surface area contributed by atoms with Gasteiger partial charge in [0.1, 0.15) is 5.75 Å². The van der Waals surface area contributed by atoms with E-state index in [1.807, 2.05) is 54.6 Å². The molecule has 3 heterocycles. The molecule has 0 bridgehead atoms. The number of aryl methyl sites for hydroxylation is 2. The van der Waals surface area contributed by atoms with Crippen LogP contribution < -0.4 is 0 Å². The number of aromatic hydroxyl groups is 1. The Morgan fingerprint density at radius 2 is 1.22 bits per heavy atom. The number of pyridine rings is 1. The molecule has 6 heteroatoms. The molecule has 7 aromatic rings. The molecule has 0 unspecified atom stereocenters. The van der Waals surface area contributed by atoms with Gasteiger partial charge in [0.05, 0.1) is 33.6 Å². The summed E-state index contributed by atoms with van der Waals surface area (Å²) in [5.41, 5.74) is 11.4. The predicted octanol–water partition coefficient (Wildman–Crippen LogP) is 7.96. The summed E-state index contributed by atoms with van der Waals surface area (Å²) >= 11 is 0. The summed E-state index contributed by atoms with van der Waals surface area (Å²) in [7, 11) is 0. The van der Waals surface area contributed by atoms with Crippen LogP contribution in [-0.2, 0) is 0 Å². The molecule has 0 aliphatic rings. The van der Waals surface area contributed by atoms with Crippen LogP contribution in [0.1, 0.15) is 11.1 Å². The fraction of sp³-hybridized carbons (Fsp3) is 0.0571. The van der Waals surface area contributed by atoms with Crippen LogP contribution >= 0.6 is 0 Å². The molecule has 4 aromatic carbocycles. The van der Waals surface area contributed by atoms with Crippen molar-refractivity contribution in [3.05, 3.63) is 121 Å². The van der Waals surface area contributed by atoms with Gasteiger partial charge in [0, 0.05) is 40.5 Å². The van der Waals surface area contributed by atoms with E-state index in [-0.39, 0.29) is 5.75 Å². The fourth-order valence-corrected chi connectivity index (χ4v) is 5.40. The first-order valence-corrected chi connectivity index (χ1v) is 13.4. The number of aromatic nitrogens is 5. The van der Waals surface area contributed by atoms with Gasteiger partial charge in [-0.3, -0.25) is 9.97 Å².